The minimum absolute atomic E-state index is 0.558. The molecule has 3 heteroatoms. The van der Waals surface area contributed by atoms with E-state index >= 15 is 0 Å². The third-order valence-corrected chi connectivity index (χ3v) is 4.64. The fraction of sp³-hybridized carbons (Fsp3) is 0.375. The molecule has 1 aliphatic heterocycles. The van der Waals surface area contributed by atoms with Crippen molar-refractivity contribution in [2.24, 2.45) is 0 Å². The molecule has 0 aliphatic carbocycles. The van der Waals surface area contributed by atoms with E-state index in [-0.39, 0.29) is 0 Å². The summed E-state index contributed by atoms with van der Waals surface area (Å²) in [5.74, 6) is 0. The molecule has 19 heavy (non-hydrogen) atoms. The number of aromatic nitrogens is 1. The number of aromatic amines is 1. The van der Waals surface area contributed by atoms with Crippen molar-refractivity contribution >= 4 is 32.4 Å². The Bertz CT molecular complexity index is 627. The van der Waals surface area contributed by atoms with Crippen molar-refractivity contribution in [2.75, 3.05) is 13.6 Å². The molecule has 100 valence electrons. The highest BCUT2D eigenvalue weighted by atomic mass is 79.9. The molecular formula is C16H19BrN2. The average Bonchev–Trinajstić information content (AvgIpc) is 2.99. The maximum absolute atomic E-state index is 3.57. The number of halogens is 1. The van der Waals surface area contributed by atoms with Crippen LogP contribution in [-0.4, -0.2) is 29.5 Å². The van der Waals surface area contributed by atoms with Crippen molar-refractivity contribution in [1.29, 1.82) is 0 Å². The Kier molecular flexibility index (Phi) is 3.50. The molecule has 1 atom stereocenters. The Balaban J connectivity index is 2.09. The summed E-state index contributed by atoms with van der Waals surface area (Å²) in [7, 11) is 2.23. The maximum atomic E-state index is 3.57. The number of fused-ring (bicyclic) bond motifs is 1. The first-order chi connectivity index (χ1) is 9.20. The number of likely N-dealkylation sites (tertiary alicyclic amines) is 1. The molecule has 0 saturated carbocycles. The van der Waals surface area contributed by atoms with E-state index in [1.807, 2.05) is 0 Å². The van der Waals surface area contributed by atoms with E-state index in [9.17, 15) is 0 Å². The van der Waals surface area contributed by atoms with Crippen LogP contribution in [0.3, 0.4) is 0 Å². The molecular weight excluding hydrogens is 300 g/mol. The minimum atomic E-state index is 0.558. The highest BCUT2D eigenvalue weighted by Gasteiger charge is 2.26. The van der Waals surface area contributed by atoms with Crippen LogP contribution >= 0.6 is 15.9 Å². The van der Waals surface area contributed by atoms with E-state index in [0.717, 1.165) is 4.47 Å². The van der Waals surface area contributed by atoms with Crippen LogP contribution in [0.2, 0.25) is 0 Å². The van der Waals surface area contributed by atoms with Crippen LogP contribution in [0.4, 0.5) is 0 Å². The minimum Gasteiger partial charge on any atom is -0.361 e. The van der Waals surface area contributed by atoms with Crippen LogP contribution in [-0.2, 0) is 0 Å². The van der Waals surface area contributed by atoms with Crippen LogP contribution in [0, 0.1) is 0 Å². The smallest absolute Gasteiger partial charge is 0.0461 e. The molecule has 1 aromatic carbocycles. The maximum Gasteiger partial charge on any atom is 0.0461 e. The van der Waals surface area contributed by atoms with Gasteiger partial charge in [0, 0.05) is 33.2 Å². The summed E-state index contributed by atoms with van der Waals surface area (Å²) in [5.41, 5.74) is 4.00. The van der Waals surface area contributed by atoms with Crippen LogP contribution < -0.4 is 0 Å². The van der Waals surface area contributed by atoms with E-state index in [1.165, 1.54) is 41.4 Å². The van der Waals surface area contributed by atoms with Crippen molar-refractivity contribution in [3.8, 4) is 0 Å². The van der Waals surface area contributed by atoms with Crippen LogP contribution in [0.5, 0.6) is 0 Å². The highest BCUT2D eigenvalue weighted by molar-refractivity contribution is 9.10. The average molecular weight is 319 g/mol. The van der Waals surface area contributed by atoms with Crippen LogP contribution in [0.25, 0.3) is 16.5 Å². The first kappa shape index (κ1) is 12.9. The van der Waals surface area contributed by atoms with Gasteiger partial charge >= 0.3 is 0 Å². The van der Waals surface area contributed by atoms with Crippen LogP contribution in [0.15, 0.2) is 34.9 Å². The number of allylic oxidation sites excluding steroid dienone is 1. The van der Waals surface area contributed by atoms with Gasteiger partial charge in [0.2, 0.25) is 0 Å². The van der Waals surface area contributed by atoms with Gasteiger partial charge in [-0.15, -0.1) is 0 Å². The summed E-state index contributed by atoms with van der Waals surface area (Å²) < 4.78 is 1.14. The Hall–Kier alpha value is -1.06. The standard InChI is InChI=1S/C16H19BrN2/c1-3-12(16-5-4-8-19(16)2)14-10-18-15-7-6-11(17)9-13(14)15/h3,6-7,9-10,16,18H,4-5,8H2,1-2H3/b12-3-/t16-/m1/s1. The number of H-pyrrole nitrogens is 1. The van der Waals surface area contributed by atoms with Gasteiger partial charge in [-0.25, -0.2) is 0 Å². The summed E-state index contributed by atoms with van der Waals surface area (Å²) in [5, 5.41) is 1.31. The fourth-order valence-corrected chi connectivity index (χ4v) is 3.52. The molecule has 1 aromatic heterocycles. The molecule has 2 nitrogen and oxygen atoms in total. The van der Waals surface area contributed by atoms with Gasteiger partial charge in [-0.3, -0.25) is 4.90 Å². The van der Waals surface area contributed by atoms with E-state index in [2.05, 4.69) is 70.3 Å². The zero-order chi connectivity index (χ0) is 13.4. The predicted molar refractivity (Wildman–Crippen MR) is 85.3 cm³/mol. The van der Waals surface area contributed by atoms with Gasteiger partial charge in [0.25, 0.3) is 0 Å². The lowest BCUT2D eigenvalue weighted by Gasteiger charge is -2.22. The lowest BCUT2D eigenvalue weighted by atomic mass is 9.96. The highest BCUT2D eigenvalue weighted by Crippen LogP contribution is 2.34. The summed E-state index contributed by atoms with van der Waals surface area (Å²) in [6.07, 6.45) is 6.98. The number of hydrogen-bond donors (Lipinski definition) is 1. The number of hydrogen-bond acceptors (Lipinski definition) is 1. The van der Waals surface area contributed by atoms with Gasteiger partial charge < -0.3 is 4.98 Å². The van der Waals surface area contributed by atoms with Crippen LogP contribution in [0.1, 0.15) is 25.3 Å². The Morgan fingerprint density at radius 1 is 1.47 bits per heavy atom. The molecule has 0 unspecified atom stereocenters. The largest absolute Gasteiger partial charge is 0.361 e. The molecule has 0 radical (unpaired) electrons. The van der Waals surface area contributed by atoms with Crippen molar-refractivity contribution in [1.82, 2.24) is 9.88 Å². The summed E-state index contributed by atoms with van der Waals surface area (Å²) in [4.78, 5) is 5.85. The second-order valence-electron chi connectivity index (χ2n) is 5.27. The van der Waals surface area contributed by atoms with E-state index in [1.54, 1.807) is 0 Å². The normalized spacial score (nSPS) is 21.4. The Morgan fingerprint density at radius 2 is 2.32 bits per heavy atom. The molecule has 3 rings (SSSR count). The molecule has 0 spiro atoms. The summed E-state index contributed by atoms with van der Waals surface area (Å²) in [6.45, 7) is 3.35. The molecule has 2 heterocycles. The zero-order valence-corrected chi connectivity index (χ0v) is 13.0. The molecule has 1 aliphatic rings. The zero-order valence-electron chi connectivity index (χ0n) is 11.4. The van der Waals surface area contributed by atoms with E-state index < -0.39 is 0 Å². The van der Waals surface area contributed by atoms with Gasteiger partial charge in [-0.05, 0) is 57.1 Å². The van der Waals surface area contributed by atoms with Gasteiger partial charge in [0.1, 0.15) is 0 Å². The third-order valence-electron chi connectivity index (χ3n) is 4.15. The Morgan fingerprint density at radius 3 is 3.00 bits per heavy atom. The van der Waals surface area contributed by atoms with E-state index in [0.29, 0.717) is 6.04 Å². The number of rotatable bonds is 2. The van der Waals surface area contributed by atoms with Gasteiger partial charge in [-0.2, -0.15) is 0 Å². The number of nitrogens with one attached hydrogen (secondary N) is 1. The van der Waals surface area contributed by atoms with Gasteiger partial charge in [0.15, 0.2) is 0 Å². The SMILES string of the molecule is C/C=C(/c1c[nH]c2ccc(Br)cc12)[C@H]1CCCN1C. The summed E-state index contributed by atoms with van der Waals surface area (Å²) >= 11 is 3.57. The lowest BCUT2D eigenvalue weighted by molar-refractivity contribution is 0.365. The number of likely N-dealkylation sites (N-methyl/N-ethyl adjacent to an activating group) is 1. The molecule has 2 aromatic rings. The van der Waals surface area contributed by atoms with Gasteiger partial charge in [-0.1, -0.05) is 22.0 Å². The molecule has 1 fully saturated rings. The summed E-state index contributed by atoms with van der Waals surface area (Å²) in [6, 6.07) is 6.98. The molecule has 0 amide bonds. The first-order valence-corrected chi connectivity index (χ1v) is 7.63. The number of benzene rings is 1. The molecule has 1 saturated heterocycles. The van der Waals surface area contributed by atoms with Gasteiger partial charge in [0.05, 0.1) is 0 Å². The topological polar surface area (TPSA) is 19.0 Å². The number of nitrogens with zero attached hydrogens (tertiary/aromatic N) is 1. The van der Waals surface area contributed by atoms with E-state index in [4.69, 9.17) is 0 Å². The molecule has 0 bridgehead atoms. The quantitative estimate of drug-likeness (QED) is 0.868. The monoisotopic (exact) mass is 318 g/mol. The Labute approximate surface area is 122 Å². The second-order valence-corrected chi connectivity index (χ2v) is 6.19. The second kappa shape index (κ2) is 5.14. The first-order valence-electron chi connectivity index (χ1n) is 6.84. The van der Waals surface area contributed by atoms with Crippen molar-refractivity contribution in [3.63, 3.8) is 0 Å². The van der Waals surface area contributed by atoms with Crippen molar-refractivity contribution in [2.45, 2.75) is 25.8 Å². The van der Waals surface area contributed by atoms with Crippen molar-refractivity contribution in [3.05, 3.63) is 40.5 Å². The molecule has 1 N–H and O–H groups in total. The lowest BCUT2D eigenvalue weighted by Crippen LogP contribution is -2.25. The predicted octanol–water partition coefficient (Wildman–Crippen LogP) is 4.43. The third kappa shape index (κ3) is 2.26. The fourth-order valence-electron chi connectivity index (χ4n) is 3.16. The van der Waals surface area contributed by atoms with Crippen molar-refractivity contribution < 1.29 is 0 Å².